The fourth-order valence-electron chi connectivity index (χ4n) is 2.24. The molecule has 4 nitrogen and oxygen atoms in total. The summed E-state index contributed by atoms with van der Waals surface area (Å²) in [4.78, 5) is 12.2. The number of nitrogens with one attached hydrogen (secondary N) is 1. The number of carbonyl (C=O) groups excluding carboxylic acids is 1. The summed E-state index contributed by atoms with van der Waals surface area (Å²) < 4.78 is 5.76. The summed E-state index contributed by atoms with van der Waals surface area (Å²) in [5, 5.41) is 4.89. The fraction of sp³-hybridized carbons (Fsp3) is 0.333. The molecule has 1 amide bonds. The minimum atomic E-state index is -0.214. The van der Waals surface area contributed by atoms with Gasteiger partial charge in [-0.15, -0.1) is 0 Å². The van der Waals surface area contributed by atoms with Crippen LogP contribution in [0.4, 0.5) is 0 Å². The molecular formula is C21H25ClN2O2. The normalized spacial score (nSPS) is 12.6. The van der Waals surface area contributed by atoms with Crippen LogP contribution in [0.3, 0.4) is 0 Å². The number of ether oxygens (including phenoxy) is 1. The van der Waals surface area contributed by atoms with Gasteiger partial charge in [-0.1, -0.05) is 37.6 Å². The lowest BCUT2D eigenvalue weighted by molar-refractivity contribution is 0.0954. The lowest BCUT2D eigenvalue weighted by atomic mass is 10.1. The van der Waals surface area contributed by atoms with Crippen LogP contribution in [-0.4, -0.2) is 11.6 Å². The third-order valence-electron chi connectivity index (χ3n) is 4.41. The van der Waals surface area contributed by atoms with E-state index in [-0.39, 0.29) is 5.91 Å². The average Bonchev–Trinajstić information content (AvgIpc) is 2.66. The molecule has 0 aliphatic heterocycles. The van der Waals surface area contributed by atoms with Gasteiger partial charge in [-0.05, 0) is 67.6 Å². The average molecular weight is 373 g/mol. The van der Waals surface area contributed by atoms with Gasteiger partial charge in [0.1, 0.15) is 12.4 Å². The van der Waals surface area contributed by atoms with Crippen molar-refractivity contribution in [3.63, 3.8) is 0 Å². The van der Waals surface area contributed by atoms with Crippen LogP contribution < -0.4 is 10.2 Å². The highest BCUT2D eigenvalue weighted by Gasteiger charge is 2.07. The van der Waals surface area contributed by atoms with Crippen molar-refractivity contribution >= 4 is 23.2 Å². The van der Waals surface area contributed by atoms with E-state index in [2.05, 4.69) is 24.4 Å². The van der Waals surface area contributed by atoms with Crippen LogP contribution in [0.1, 0.15) is 48.7 Å². The molecule has 0 spiro atoms. The fourth-order valence-corrected chi connectivity index (χ4v) is 2.35. The van der Waals surface area contributed by atoms with Crippen molar-refractivity contribution < 1.29 is 9.53 Å². The van der Waals surface area contributed by atoms with E-state index in [9.17, 15) is 4.79 Å². The lowest BCUT2D eigenvalue weighted by Gasteiger charge is -2.09. The molecule has 0 bridgehead atoms. The molecule has 2 aromatic rings. The van der Waals surface area contributed by atoms with Crippen molar-refractivity contribution in [3.05, 3.63) is 64.2 Å². The smallest absolute Gasteiger partial charge is 0.271 e. The first-order valence-electron chi connectivity index (χ1n) is 8.73. The highest BCUT2D eigenvalue weighted by Crippen LogP contribution is 2.21. The summed E-state index contributed by atoms with van der Waals surface area (Å²) in [5.41, 5.74) is 6.05. The minimum Gasteiger partial charge on any atom is -0.489 e. The quantitative estimate of drug-likeness (QED) is 0.524. The molecule has 0 aliphatic rings. The van der Waals surface area contributed by atoms with Gasteiger partial charge >= 0.3 is 0 Å². The van der Waals surface area contributed by atoms with Gasteiger partial charge in [0.05, 0.1) is 0 Å². The summed E-state index contributed by atoms with van der Waals surface area (Å²) in [7, 11) is 0. The maximum atomic E-state index is 12.2. The van der Waals surface area contributed by atoms with Crippen molar-refractivity contribution in [2.24, 2.45) is 11.0 Å². The number of hydrogen-bond acceptors (Lipinski definition) is 3. The van der Waals surface area contributed by atoms with Gasteiger partial charge in [-0.3, -0.25) is 4.79 Å². The number of nitrogens with zero attached hydrogens (tertiary/aromatic N) is 1. The summed E-state index contributed by atoms with van der Waals surface area (Å²) in [6, 6.07) is 12.9. The molecule has 0 heterocycles. The number of aryl methyl sites for hydroxylation is 1. The van der Waals surface area contributed by atoms with E-state index in [1.807, 2.05) is 44.2 Å². The van der Waals surface area contributed by atoms with Crippen LogP contribution in [0.15, 0.2) is 47.6 Å². The molecule has 26 heavy (non-hydrogen) atoms. The Labute approximate surface area is 160 Å². The Bertz CT molecular complexity index is 785. The van der Waals surface area contributed by atoms with Crippen LogP contribution in [0.2, 0.25) is 5.02 Å². The second-order valence-corrected chi connectivity index (χ2v) is 6.81. The predicted octanol–water partition coefficient (Wildman–Crippen LogP) is 5.38. The largest absolute Gasteiger partial charge is 0.489 e. The molecule has 2 rings (SSSR count). The number of halogens is 1. The summed E-state index contributed by atoms with van der Waals surface area (Å²) >= 11 is 6.01. The van der Waals surface area contributed by atoms with Gasteiger partial charge in [0.2, 0.25) is 0 Å². The second-order valence-electron chi connectivity index (χ2n) is 6.40. The first kappa shape index (κ1) is 20.0. The SMILES string of the molecule is CC[C@H](C)/C(C)=N\NC(=O)c1ccc(COc2ccc(Cl)c(C)c2)cc1. The van der Waals surface area contributed by atoms with Crippen molar-refractivity contribution in [1.29, 1.82) is 0 Å². The topological polar surface area (TPSA) is 50.7 Å². The molecule has 0 saturated carbocycles. The van der Waals surface area contributed by atoms with Crippen LogP contribution in [-0.2, 0) is 6.61 Å². The molecule has 0 aromatic heterocycles. The van der Waals surface area contributed by atoms with E-state index >= 15 is 0 Å². The van der Waals surface area contributed by atoms with E-state index in [1.165, 1.54) is 0 Å². The summed E-state index contributed by atoms with van der Waals surface area (Å²) in [6.07, 6.45) is 0.993. The van der Waals surface area contributed by atoms with E-state index < -0.39 is 0 Å². The summed E-state index contributed by atoms with van der Waals surface area (Å²) in [6.45, 7) is 8.47. The standard InChI is InChI=1S/C21H25ClN2O2/c1-5-14(2)16(4)23-24-21(25)18-8-6-17(7-9-18)13-26-19-10-11-20(22)15(3)12-19/h6-12,14H,5,13H2,1-4H3,(H,24,25)/b23-16-/t14-/m0/s1. The van der Waals surface area contributed by atoms with Gasteiger partial charge in [-0.25, -0.2) is 5.43 Å². The van der Waals surface area contributed by atoms with Crippen LogP contribution in [0.5, 0.6) is 5.75 Å². The van der Waals surface area contributed by atoms with E-state index in [4.69, 9.17) is 16.3 Å². The maximum absolute atomic E-state index is 12.2. The molecule has 0 saturated heterocycles. The number of hydrazone groups is 1. The molecule has 1 atom stereocenters. The molecule has 0 unspecified atom stereocenters. The third kappa shape index (κ3) is 5.60. The highest BCUT2D eigenvalue weighted by atomic mass is 35.5. The molecule has 0 radical (unpaired) electrons. The molecule has 2 aromatic carbocycles. The van der Waals surface area contributed by atoms with E-state index in [0.717, 1.165) is 34.0 Å². The Kier molecular flexibility index (Phi) is 7.22. The zero-order chi connectivity index (χ0) is 19.1. The lowest BCUT2D eigenvalue weighted by Crippen LogP contribution is -2.21. The Morgan fingerprint density at radius 2 is 1.92 bits per heavy atom. The molecule has 5 heteroatoms. The van der Waals surface area contributed by atoms with Crippen LogP contribution in [0, 0.1) is 12.8 Å². The maximum Gasteiger partial charge on any atom is 0.271 e. The van der Waals surface area contributed by atoms with Gasteiger partial charge in [0.15, 0.2) is 0 Å². The number of carbonyl (C=O) groups is 1. The molecule has 1 N–H and O–H groups in total. The number of amides is 1. The Balaban J connectivity index is 1.93. The zero-order valence-electron chi connectivity index (χ0n) is 15.7. The van der Waals surface area contributed by atoms with Crippen molar-refractivity contribution in [2.75, 3.05) is 0 Å². The Hall–Kier alpha value is -2.33. The second kappa shape index (κ2) is 9.39. The highest BCUT2D eigenvalue weighted by molar-refractivity contribution is 6.31. The van der Waals surface area contributed by atoms with Crippen molar-refractivity contribution in [2.45, 2.75) is 40.7 Å². The predicted molar refractivity (Wildman–Crippen MR) is 107 cm³/mol. The first-order chi connectivity index (χ1) is 12.4. The zero-order valence-corrected chi connectivity index (χ0v) is 16.4. The van der Waals surface area contributed by atoms with Crippen molar-refractivity contribution in [1.82, 2.24) is 5.43 Å². The number of rotatable bonds is 7. The number of benzene rings is 2. The minimum absolute atomic E-state index is 0.214. The van der Waals surface area contributed by atoms with Gasteiger partial charge in [0.25, 0.3) is 5.91 Å². The van der Waals surface area contributed by atoms with Crippen LogP contribution in [0.25, 0.3) is 0 Å². The Morgan fingerprint density at radius 3 is 2.54 bits per heavy atom. The third-order valence-corrected chi connectivity index (χ3v) is 4.83. The molecule has 0 aliphatic carbocycles. The monoisotopic (exact) mass is 372 g/mol. The van der Waals surface area contributed by atoms with Gasteiger partial charge < -0.3 is 4.74 Å². The van der Waals surface area contributed by atoms with Crippen LogP contribution >= 0.6 is 11.6 Å². The molecule has 0 fully saturated rings. The first-order valence-corrected chi connectivity index (χ1v) is 9.11. The van der Waals surface area contributed by atoms with E-state index in [0.29, 0.717) is 18.1 Å². The summed E-state index contributed by atoms with van der Waals surface area (Å²) in [5.74, 6) is 0.906. The molecule has 138 valence electrons. The number of hydrogen-bond donors (Lipinski definition) is 1. The van der Waals surface area contributed by atoms with Gasteiger partial charge in [-0.2, -0.15) is 5.10 Å². The van der Waals surface area contributed by atoms with Crippen molar-refractivity contribution in [3.8, 4) is 5.75 Å². The van der Waals surface area contributed by atoms with E-state index in [1.54, 1.807) is 12.1 Å². The molecular weight excluding hydrogens is 348 g/mol. The Morgan fingerprint density at radius 1 is 1.23 bits per heavy atom. The van der Waals surface area contributed by atoms with Gasteiger partial charge in [0, 0.05) is 16.3 Å².